The van der Waals surface area contributed by atoms with E-state index in [0.29, 0.717) is 5.92 Å². The molecule has 0 unspecified atom stereocenters. The van der Waals surface area contributed by atoms with Gasteiger partial charge in [-0.05, 0) is 18.4 Å². The highest BCUT2D eigenvalue weighted by atomic mass is 16.5. The van der Waals surface area contributed by atoms with Crippen molar-refractivity contribution in [1.82, 2.24) is 0 Å². The van der Waals surface area contributed by atoms with Gasteiger partial charge in [-0.1, -0.05) is 13.8 Å². The quantitative estimate of drug-likeness (QED) is 0.524. The molecular weight excluding hydrogens is 112 g/mol. The van der Waals surface area contributed by atoms with E-state index in [9.17, 15) is 0 Å². The van der Waals surface area contributed by atoms with Crippen LogP contribution in [0.5, 0.6) is 0 Å². The summed E-state index contributed by atoms with van der Waals surface area (Å²) in [5, 5.41) is 0. The molecule has 1 rings (SSSR count). The standard InChI is InChI=1S/C8H14O/c1-7(2)6-8-4-3-5-9-8/h6-7H,3-5H2,1-2H3/b8-6+. The Morgan fingerprint density at radius 1 is 1.56 bits per heavy atom. The van der Waals surface area contributed by atoms with E-state index >= 15 is 0 Å². The average molecular weight is 126 g/mol. The van der Waals surface area contributed by atoms with Crippen LogP contribution >= 0.6 is 0 Å². The SMILES string of the molecule is CC(C)/C=C1\CCCO1. The zero-order valence-electron chi connectivity index (χ0n) is 6.18. The average Bonchev–Trinajstić information content (AvgIpc) is 2.15. The van der Waals surface area contributed by atoms with E-state index in [4.69, 9.17) is 4.74 Å². The third kappa shape index (κ3) is 2.08. The molecule has 1 aliphatic rings. The Hall–Kier alpha value is -0.460. The summed E-state index contributed by atoms with van der Waals surface area (Å²) in [6.45, 7) is 5.28. The zero-order valence-corrected chi connectivity index (χ0v) is 6.18. The maximum Gasteiger partial charge on any atom is 0.0923 e. The Morgan fingerprint density at radius 2 is 2.33 bits per heavy atom. The third-order valence-corrected chi connectivity index (χ3v) is 1.37. The van der Waals surface area contributed by atoms with E-state index in [-0.39, 0.29) is 0 Å². The molecule has 0 spiro atoms. The van der Waals surface area contributed by atoms with E-state index in [2.05, 4.69) is 19.9 Å². The summed E-state index contributed by atoms with van der Waals surface area (Å²) in [6.07, 6.45) is 4.56. The van der Waals surface area contributed by atoms with Crippen LogP contribution in [0.2, 0.25) is 0 Å². The minimum Gasteiger partial charge on any atom is -0.498 e. The molecule has 0 radical (unpaired) electrons. The molecule has 52 valence electrons. The lowest BCUT2D eigenvalue weighted by Gasteiger charge is -1.99. The van der Waals surface area contributed by atoms with Crippen molar-refractivity contribution in [3.05, 3.63) is 11.8 Å². The van der Waals surface area contributed by atoms with Crippen molar-refractivity contribution in [2.75, 3.05) is 6.61 Å². The fourth-order valence-corrected chi connectivity index (χ4v) is 1.03. The van der Waals surface area contributed by atoms with Crippen LogP contribution in [0.3, 0.4) is 0 Å². The van der Waals surface area contributed by atoms with E-state index < -0.39 is 0 Å². The van der Waals surface area contributed by atoms with Crippen molar-refractivity contribution in [2.24, 2.45) is 5.92 Å². The Kier molecular flexibility index (Phi) is 2.15. The summed E-state index contributed by atoms with van der Waals surface area (Å²) in [6, 6.07) is 0. The van der Waals surface area contributed by atoms with Crippen LogP contribution in [0.4, 0.5) is 0 Å². The highest BCUT2D eigenvalue weighted by Gasteiger charge is 2.06. The van der Waals surface area contributed by atoms with Gasteiger partial charge in [0.15, 0.2) is 0 Å². The van der Waals surface area contributed by atoms with Gasteiger partial charge in [-0.2, -0.15) is 0 Å². The van der Waals surface area contributed by atoms with E-state index in [1.807, 2.05) is 0 Å². The summed E-state index contributed by atoms with van der Waals surface area (Å²) in [4.78, 5) is 0. The largest absolute Gasteiger partial charge is 0.498 e. The van der Waals surface area contributed by atoms with Crippen molar-refractivity contribution in [2.45, 2.75) is 26.7 Å². The van der Waals surface area contributed by atoms with Gasteiger partial charge in [-0.25, -0.2) is 0 Å². The van der Waals surface area contributed by atoms with Gasteiger partial charge in [0.05, 0.1) is 12.4 Å². The second kappa shape index (κ2) is 2.90. The molecule has 0 amide bonds. The van der Waals surface area contributed by atoms with Crippen molar-refractivity contribution >= 4 is 0 Å². The highest BCUT2D eigenvalue weighted by molar-refractivity contribution is 4.97. The Balaban J connectivity index is 2.39. The fraction of sp³-hybridized carbons (Fsp3) is 0.750. The van der Waals surface area contributed by atoms with E-state index in [0.717, 1.165) is 13.0 Å². The maximum absolute atomic E-state index is 5.32. The number of rotatable bonds is 1. The predicted octanol–water partition coefficient (Wildman–Crippen LogP) is 2.34. The summed E-state index contributed by atoms with van der Waals surface area (Å²) in [5.41, 5.74) is 0. The number of hydrogen-bond donors (Lipinski definition) is 0. The molecule has 1 aliphatic heterocycles. The maximum atomic E-state index is 5.32. The summed E-state index contributed by atoms with van der Waals surface area (Å²) in [7, 11) is 0. The smallest absolute Gasteiger partial charge is 0.0923 e. The molecule has 0 aromatic heterocycles. The van der Waals surface area contributed by atoms with E-state index in [1.165, 1.54) is 12.2 Å². The van der Waals surface area contributed by atoms with Gasteiger partial charge in [0.1, 0.15) is 0 Å². The minimum atomic E-state index is 0.637. The van der Waals surface area contributed by atoms with Crippen molar-refractivity contribution in [3.8, 4) is 0 Å². The van der Waals surface area contributed by atoms with Crippen molar-refractivity contribution in [3.63, 3.8) is 0 Å². The number of hydrogen-bond acceptors (Lipinski definition) is 1. The first kappa shape index (κ1) is 6.66. The van der Waals surface area contributed by atoms with Crippen LogP contribution in [-0.4, -0.2) is 6.61 Å². The lowest BCUT2D eigenvalue weighted by atomic mass is 10.2. The molecule has 0 aromatic carbocycles. The van der Waals surface area contributed by atoms with Gasteiger partial charge >= 0.3 is 0 Å². The molecule has 0 saturated carbocycles. The molecule has 1 nitrogen and oxygen atoms in total. The lowest BCUT2D eigenvalue weighted by molar-refractivity contribution is 0.261. The van der Waals surface area contributed by atoms with Gasteiger partial charge in [-0.3, -0.25) is 0 Å². The van der Waals surface area contributed by atoms with Gasteiger partial charge in [0.25, 0.3) is 0 Å². The molecule has 1 heteroatoms. The molecule has 0 bridgehead atoms. The van der Waals surface area contributed by atoms with Gasteiger partial charge in [-0.15, -0.1) is 0 Å². The first-order valence-corrected chi connectivity index (χ1v) is 3.62. The highest BCUT2D eigenvalue weighted by Crippen LogP contribution is 2.17. The zero-order chi connectivity index (χ0) is 6.69. The van der Waals surface area contributed by atoms with Crippen LogP contribution in [-0.2, 0) is 4.74 Å². The molecule has 0 aliphatic carbocycles. The lowest BCUT2D eigenvalue weighted by Crippen LogP contribution is -1.84. The van der Waals surface area contributed by atoms with Crippen LogP contribution < -0.4 is 0 Å². The van der Waals surface area contributed by atoms with Crippen LogP contribution in [0.15, 0.2) is 11.8 Å². The van der Waals surface area contributed by atoms with Gasteiger partial charge in [0, 0.05) is 6.42 Å². The first-order chi connectivity index (χ1) is 4.29. The summed E-state index contributed by atoms with van der Waals surface area (Å²) < 4.78 is 5.32. The van der Waals surface area contributed by atoms with Crippen LogP contribution in [0.1, 0.15) is 26.7 Å². The number of ether oxygens (including phenoxy) is 1. The minimum absolute atomic E-state index is 0.637. The molecule has 1 fully saturated rings. The van der Waals surface area contributed by atoms with E-state index in [1.54, 1.807) is 0 Å². The second-order valence-corrected chi connectivity index (χ2v) is 2.83. The second-order valence-electron chi connectivity index (χ2n) is 2.83. The predicted molar refractivity (Wildman–Crippen MR) is 38.1 cm³/mol. The van der Waals surface area contributed by atoms with Gasteiger partial charge in [0.2, 0.25) is 0 Å². The monoisotopic (exact) mass is 126 g/mol. The van der Waals surface area contributed by atoms with Crippen molar-refractivity contribution < 1.29 is 4.74 Å². The molecule has 1 heterocycles. The topological polar surface area (TPSA) is 9.23 Å². The third-order valence-electron chi connectivity index (χ3n) is 1.37. The number of allylic oxidation sites excluding steroid dienone is 2. The normalized spacial score (nSPS) is 23.2. The van der Waals surface area contributed by atoms with Crippen LogP contribution in [0.25, 0.3) is 0 Å². The van der Waals surface area contributed by atoms with Crippen molar-refractivity contribution in [1.29, 1.82) is 0 Å². The molecule has 0 atom stereocenters. The fourth-order valence-electron chi connectivity index (χ4n) is 1.03. The molecular formula is C8H14O. The molecule has 1 saturated heterocycles. The molecule has 0 N–H and O–H groups in total. The first-order valence-electron chi connectivity index (χ1n) is 3.62. The summed E-state index contributed by atoms with van der Waals surface area (Å²) in [5.74, 6) is 1.84. The van der Waals surface area contributed by atoms with Gasteiger partial charge < -0.3 is 4.74 Å². The Labute approximate surface area is 56.7 Å². The Morgan fingerprint density at radius 3 is 2.78 bits per heavy atom. The van der Waals surface area contributed by atoms with Crippen LogP contribution in [0, 0.1) is 5.92 Å². The molecule has 9 heavy (non-hydrogen) atoms. The summed E-state index contributed by atoms with van der Waals surface area (Å²) >= 11 is 0. The Bertz CT molecular complexity index is 106. The molecule has 0 aromatic rings.